The van der Waals surface area contributed by atoms with Crippen molar-refractivity contribution in [3.05, 3.63) is 70.8 Å². The predicted octanol–water partition coefficient (Wildman–Crippen LogP) is 4.21. The number of aryl methyl sites for hydroxylation is 1. The molecule has 0 heterocycles. The minimum atomic E-state index is -0.218. The Kier molecular flexibility index (Phi) is 5.45. The SMILES string of the molecule is CCNCC(Cc1ccc(F)cc1C)c1cccc(F)c1. The van der Waals surface area contributed by atoms with E-state index < -0.39 is 0 Å². The van der Waals surface area contributed by atoms with Crippen LogP contribution in [-0.4, -0.2) is 13.1 Å². The van der Waals surface area contributed by atoms with Gasteiger partial charge in [-0.05, 0) is 60.8 Å². The molecule has 1 nitrogen and oxygen atoms in total. The first-order valence-electron chi connectivity index (χ1n) is 7.31. The predicted molar refractivity (Wildman–Crippen MR) is 82.5 cm³/mol. The van der Waals surface area contributed by atoms with Gasteiger partial charge in [0.25, 0.3) is 0 Å². The summed E-state index contributed by atoms with van der Waals surface area (Å²) < 4.78 is 26.7. The number of hydrogen-bond acceptors (Lipinski definition) is 1. The van der Waals surface area contributed by atoms with Crippen molar-refractivity contribution in [1.29, 1.82) is 0 Å². The van der Waals surface area contributed by atoms with E-state index in [-0.39, 0.29) is 17.6 Å². The fraction of sp³-hybridized carbons (Fsp3) is 0.333. The number of benzene rings is 2. The van der Waals surface area contributed by atoms with Gasteiger partial charge in [0, 0.05) is 12.5 Å². The second-order valence-electron chi connectivity index (χ2n) is 5.33. The first kappa shape index (κ1) is 15.6. The number of nitrogens with one attached hydrogen (secondary N) is 1. The molecule has 2 aromatic rings. The molecule has 0 aliphatic heterocycles. The van der Waals surface area contributed by atoms with E-state index in [0.717, 1.165) is 36.2 Å². The molecule has 0 saturated carbocycles. The zero-order valence-electron chi connectivity index (χ0n) is 12.5. The third-order valence-electron chi connectivity index (χ3n) is 3.73. The van der Waals surface area contributed by atoms with E-state index in [0.29, 0.717) is 0 Å². The topological polar surface area (TPSA) is 12.0 Å². The molecule has 0 radical (unpaired) electrons. The number of likely N-dealkylation sites (N-methyl/N-ethyl adjacent to an activating group) is 1. The van der Waals surface area contributed by atoms with Gasteiger partial charge in [0.1, 0.15) is 11.6 Å². The van der Waals surface area contributed by atoms with Gasteiger partial charge in [0.2, 0.25) is 0 Å². The molecule has 2 aromatic carbocycles. The molecule has 0 aliphatic rings. The fourth-order valence-corrected chi connectivity index (χ4v) is 2.54. The maximum atomic E-state index is 13.5. The summed E-state index contributed by atoms with van der Waals surface area (Å²) in [6, 6.07) is 11.6. The summed E-state index contributed by atoms with van der Waals surface area (Å²) in [7, 11) is 0. The second-order valence-corrected chi connectivity index (χ2v) is 5.33. The van der Waals surface area contributed by atoms with E-state index in [1.54, 1.807) is 18.2 Å². The van der Waals surface area contributed by atoms with Crippen LogP contribution in [0.3, 0.4) is 0 Å². The molecular weight excluding hydrogens is 268 g/mol. The zero-order valence-corrected chi connectivity index (χ0v) is 12.5. The highest BCUT2D eigenvalue weighted by Crippen LogP contribution is 2.23. The van der Waals surface area contributed by atoms with Crippen LogP contribution >= 0.6 is 0 Å². The molecule has 0 spiro atoms. The molecule has 0 amide bonds. The van der Waals surface area contributed by atoms with E-state index in [1.807, 2.05) is 26.0 Å². The van der Waals surface area contributed by atoms with Crippen LogP contribution in [0.5, 0.6) is 0 Å². The fourth-order valence-electron chi connectivity index (χ4n) is 2.54. The Morgan fingerprint density at radius 2 is 1.81 bits per heavy atom. The summed E-state index contributed by atoms with van der Waals surface area (Å²) in [5, 5.41) is 3.32. The molecule has 1 atom stereocenters. The van der Waals surface area contributed by atoms with Gasteiger partial charge in [0.15, 0.2) is 0 Å². The maximum absolute atomic E-state index is 13.5. The van der Waals surface area contributed by atoms with Crippen molar-refractivity contribution < 1.29 is 8.78 Å². The van der Waals surface area contributed by atoms with Crippen LogP contribution in [0.15, 0.2) is 42.5 Å². The van der Waals surface area contributed by atoms with Crippen molar-refractivity contribution in [3.63, 3.8) is 0 Å². The van der Waals surface area contributed by atoms with Gasteiger partial charge >= 0.3 is 0 Å². The van der Waals surface area contributed by atoms with Crippen LogP contribution < -0.4 is 5.32 Å². The second kappa shape index (κ2) is 7.32. The Balaban J connectivity index is 2.23. The standard InChI is InChI=1S/C18H21F2N/c1-3-21-12-16(15-5-4-6-17(19)11-15)10-14-7-8-18(20)9-13(14)2/h4-9,11,16,21H,3,10,12H2,1-2H3. The lowest BCUT2D eigenvalue weighted by Crippen LogP contribution is -2.23. The molecule has 1 N–H and O–H groups in total. The van der Waals surface area contributed by atoms with Crippen molar-refractivity contribution in [2.24, 2.45) is 0 Å². The van der Waals surface area contributed by atoms with E-state index in [2.05, 4.69) is 5.32 Å². The molecule has 0 saturated heterocycles. The molecule has 0 aromatic heterocycles. The van der Waals surface area contributed by atoms with Crippen LogP contribution in [0, 0.1) is 18.6 Å². The van der Waals surface area contributed by atoms with Gasteiger partial charge in [0.05, 0.1) is 0 Å². The Morgan fingerprint density at radius 3 is 2.48 bits per heavy atom. The summed E-state index contributed by atoms with van der Waals surface area (Å²) in [5.74, 6) is -0.264. The molecule has 112 valence electrons. The highest BCUT2D eigenvalue weighted by molar-refractivity contribution is 5.30. The molecule has 21 heavy (non-hydrogen) atoms. The summed E-state index contributed by atoms with van der Waals surface area (Å²) in [4.78, 5) is 0. The molecule has 0 aliphatic carbocycles. The Hall–Kier alpha value is -1.74. The highest BCUT2D eigenvalue weighted by atomic mass is 19.1. The molecule has 2 rings (SSSR count). The van der Waals surface area contributed by atoms with E-state index in [9.17, 15) is 8.78 Å². The zero-order chi connectivity index (χ0) is 15.2. The molecular formula is C18H21F2N. The summed E-state index contributed by atoms with van der Waals surface area (Å²) in [6.45, 7) is 5.60. The van der Waals surface area contributed by atoms with Gasteiger partial charge in [-0.25, -0.2) is 8.78 Å². The van der Waals surface area contributed by atoms with Gasteiger partial charge in [-0.15, -0.1) is 0 Å². The molecule has 3 heteroatoms. The third kappa shape index (κ3) is 4.36. The van der Waals surface area contributed by atoms with Crippen LogP contribution in [0.2, 0.25) is 0 Å². The average molecular weight is 289 g/mol. The highest BCUT2D eigenvalue weighted by Gasteiger charge is 2.14. The molecule has 1 unspecified atom stereocenters. The maximum Gasteiger partial charge on any atom is 0.123 e. The van der Waals surface area contributed by atoms with Crippen LogP contribution in [-0.2, 0) is 6.42 Å². The lowest BCUT2D eigenvalue weighted by Gasteiger charge is -2.19. The number of halogens is 2. The lowest BCUT2D eigenvalue weighted by atomic mass is 9.90. The molecule has 0 bridgehead atoms. The van der Waals surface area contributed by atoms with Crippen LogP contribution in [0.25, 0.3) is 0 Å². The van der Waals surface area contributed by atoms with Crippen LogP contribution in [0.4, 0.5) is 8.78 Å². The lowest BCUT2D eigenvalue weighted by molar-refractivity contribution is 0.580. The number of rotatable bonds is 6. The van der Waals surface area contributed by atoms with Crippen molar-refractivity contribution in [1.82, 2.24) is 5.32 Å². The number of hydrogen-bond donors (Lipinski definition) is 1. The summed E-state index contributed by atoms with van der Waals surface area (Å²) in [5.41, 5.74) is 3.01. The minimum absolute atomic E-state index is 0.171. The van der Waals surface area contributed by atoms with E-state index in [4.69, 9.17) is 0 Å². The smallest absolute Gasteiger partial charge is 0.123 e. The monoisotopic (exact) mass is 289 g/mol. The van der Waals surface area contributed by atoms with Gasteiger partial charge < -0.3 is 5.32 Å². The van der Waals surface area contributed by atoms with Crippen molar-refractivity contribution in [2.45, 2.75) is 26.2 Å². The van der Waals surface area contributed by atoms with E-state index >= 15 is 0 Å². The first-order chi connectivity index (χ1) is 10.1. The summed E-state index contributed by atoms with van der Waals surface area (Å²) >= 11 is 0. The van der Waals surface area contributed by atoms with Crippen LogP contribution in [0.1, 0.15) is 29.5 Å². The van der Waals surface area contributed by atoms with Crippen molar-refractivity contribution in [3.8, 4) is 0 Å². The first-order valence-corrected chi connectivity index (χ1v) is 7.31. The largest absolute Gasteiger partial charge is 0.316 e. The van der Waals surface area contributed by atoms with Gasteiger partial charge in [-0.1, -0.05) is 25.1 Å². The van der Waals surface area contributed by atoms with Gasteiger partial charge in [-0.3, -0.25) is 0 Å². The normalized spacial score (nSPS) is 12.4. The Morgan fingerprint density at radius 1 is 1.05 bits per heavy atom. The van der Waals surface area contributed by atoms with Crippen molar-refractivity contribution in [2.75, 3.05) is 13.1 Å². The Labute approximate surface area is 125 Å². The minimum Gasteiger partial charge on any atom is -0.316 e. The Bertz CT molecular complexity index is 596. The van der Waals surface area contributed by atoms with Gasteiger partial charge in [-0.2, -0.15) is 0 Å². The average Bonchev–Trinajstić information content (AvgIpc) is 2.45. The van der Waals surface area contributed by atoms with E-state index in [1.165, 1.54) is 12.1 Å². The summed E-state index contributed by atoms with van der Waals surface area (Å²) in [6.07, 6.45) is 0.766. The van der Waals surface area contributed by atoms with Crippen molar-refractivity contribution >= 4 is 0 Å². The quantitative estimate of drug-likeness (QED) is 0.840. The molecule has 0 fully saturated rings. The third-order valence-corrected chi connectivity index (χ3v) is 3.73.